The van der Waals surface area contributed by atoms with E-state index in [0.717, 1.165) is 27.6 Å². The predicted octanol–water partition coefficient (Wildman–Crippen LogP) is 3.61. The summed E-state index contributed by atoms with van der Waals surface area (Å²) < 4.78 is 5.22. The zero-order valence-corrected chi connectivity index (χ0v) is 15.1. The molecule has 0 spiro atoms. The number of aromatic nitrogens is 2. The van der Waals surface area contributed by atoms with Crippen LogP contribution in [0, 0.1) is 0 Å². The van der Waals surface area contributed by atoms with Gasteiger partial charge in [-0.05, 0) is 36.8 Å². The summed E-state index contributed by atoms with van der Waals surface area (Å²) in [6, 6.07) is 11.5. The Morgan fingerprint density at radius 3 is 2.44 bits per heavy atom. The van der Waals surface area contributed by atoms with Gasteiger partial charge in [-0.1, -0.05) is 12.1 Å². The first-order valence-corrected chi connectivity index (χ1v) is 8.70. The van der Waals surface area contributed by atoms with Crippen molar-refractivity contribution in [3.8, 4) is 17.0 Å². The zero-order chi connectivity index (χ0) is 17.9. The molecule has 1 atom stereocenters. The molecule has 3 rings (SSSR count). The lowest BCUT2D eigenvalue weighted by molar-refractivity contribution is -0.120. The summed E-state index contributed by atoms with van der Waals surface area (Å²) in [6.45, 7) is 3.48. The van der Waals surface area contributed by atoms with Crippen LogP contribution in [0.25, 0.3) is 11.3 Å². The monoisotopic (exact) mass is 353 g/mol. The zero-order valence-electron chi connectivity index (χ0n) is 14.3. The van der Waals surface area contributed by atoms with Gasteiger partial charge in [-0.3, -0.25) is 9.78 Å². The number of rotatable bonds is 5. The minimum Gasteiger partial charge on any atom is -0.497 e. The van der Waals surface area contributed by atoms with E-state index in [4.69, 9.17) is 9.72 Å². The molecule has 2 heterocycles. The molecule has 1 N–H and O–H groups in total. The number of carbonyl (C=O) groups is 1. The third-order valence-electron chi connectivity index (χ3n) is 4.00. The van der Waals surface area contributed by atoms with Gasteiger partial charge in [0.1, 0.15) is 16.3 Å². The van der Waals surface area contributed by atoms with Gasteiger partial charge in [-0.15, -0.1) is 11.3 Å². The highest BCUT2D eigenvalue weighted by molar-refractivity contribution is 7.10. The van der Waals surface area contributed by atoms with Crippen molar-refractivity contribution in [2.24, 2.45) is 0 Å². The summed E-state index contributed by atoms with van der Waals surface area (Å²) >= 11 is 1.52. The third kappa shape index (κ3) is 3.53. The van der Waals surface area contributed by atoms with Crippen molar-refractivity contribution < 1.29 is 9.53 Å². The maximum Gasteiger partial charge on any atom is 0.217 e. The summed E-state index contributed by atoms with van der Waals surface area (Å²) in [4.78, 5) is 20.6. The number of pyridine rings is 1. The van der Waals surface area contributed by atoms with Crippen molar-refractivity contribution in [3.05, 3.63) is 64.7 Å². The third-order valence-corrected chi connectivity index (χ3v) is 5.07. The lowest BCUT2D eigenvalue weighted by Gasteiger charge is -2.29. The molecule has 0 bridgehead atoms. The average molecular weight is 353 g/mol. The number of methoxy groups -OCH3 is 1. The molecule has 0 saturated heterocycles. The van der Waals surface area contributed by atoms with Gasteiger partial charge < -0.3 is 10.1 Å². The summed E-state index contributed by atoms with van der Waals surface area (Å²) in [5, 5.41) is 5.86. The van der Waals surface area contributed by atoms with Crippen LogP contribution in [0.4, 0.5) is 0 Å². The number of nitrogens with one attached hydrogen (secondary N) is 1. The van der Waals surface area contributed by atoms with Crippen molar-refractivity contribution in [3.63, 3.8) is 0 Å². The number of nitrogens with zero attached hydrogens (tertiary/aromatic N) is 2. The highest BCUT2D eigenvalue weighted by atomic mass is 32.1. The molecule has 128 valence electrons. The molecule has 2 aromatic heterocycles. The first kappa shape index (κ1) is 17.1. The summed E-state index contributed by atoms with van der Waals surface area (Å²) in [5.41, 5.74) is 2.10. The van der Waals surface area contributed by atoms with E-state index in [9.17, 15) is 4.79 Å². The van der Waals surface area contributed by atoms with Crippen LogP contribution in [0.5, 0.6) is 5.75 Å². The van der Waals surface area contributed by atoms with Gasteiger partial charge in [0.15, 0.2) is 0 Å². The van der Waals surface area contributed by atoms with Crippen LogP contribution in [0.2, 0.25) is 0 Å². The number of ether oxygens (including phenoxy) is 1. The fourth-order valence-electron chi connectivity index (χ4n) is 2.68. The highest BCUT2D eigenvalue weighted by Gasteiger charge is 2.33. The molecule has 1 amide bonds. The molecule has 0 aliphatic heterocycles. The molecule has 0 fully saturated rings. The Morgan fingerprint density at radius 1 is 1.16 bits per heavy atom. The molecule has 0 aliphatic carbocycles. The quantitative estimate of drug-likeness (QED) is 0.761. The Hall–Kier alpha value is -2.73. The second-order valence-corrected chi connectivity index (χ2v) is 6.67. The molecule has 0 saturated carbocycles. The van der Waals surface area contributed by atoms with Crippen LogP contribution in [-0.4, -0.2) is 23.0 Å². The molecule has 25 heavy (non-hydrogen) atoms. The van der Waals surface area contributed by atoms with Crippen molar-refractivity contribution in [1.82, 2.24) is 15.3 Å². The molecular formula is C19H19N3O2S. The maximum atomic E-state index is 11.8. The number of hydrogen-bond donors (Lipinski definition) is 1. The van der Waals surface area contributed by atoms with Crippen LogP contribution in [0.15, 0.2) is 54.2 Å². The number of carbonyl (C=O) groups excluding carboxylic acids is 1. The molecule has 0 radical (unpaired) electrons. The fraction of sp³-hybridized carbons (Fsp3) is 0.211. The lowest BCUT2D eigenvalue weighted by atomic mass is 9.92. The topological polar surface area (TPSA) is 64.1 Å². The maximum absolute atomic E-state index is 11.8. The second kappa shape index (κ2) is 7.03. The van der Waals surface area contributed by atoms with E-state index in [2.05, 4.69) is 10.3 Å². The van der Waals surface area contributed by atoms with Gasteiger partial charge in [-0.25, -0.2) is 4.98 Å². The van der Waals surface area contributed by atoms with Crippen LogP contribution in [0.1, 0.15) is 24.4 Å². The second-order valence-electron chi connectivity index (χ2n) is 5.81. The van der Waals surface area contributed by atoms with Crippen LogP contribution < -0.4 is 10.1 Å². The van der Waals surface area contributed by atoms with Gasteiger partial charge in [0.25, 0.3) is 0 Å². The molecule has 0 aliphatic rings. The van der Waals surface area contributed by atoms with Crippen LogP contribution in [0.3, 0.4) is 0 Å². The van der Waals surface area contributed by atoms with E-state index < -0.39 is 5.54 Å². The van der Waals surface area contributed by atoms with Crippen molar-refractivity contribution >= 4 is 17.2 Å². The van der Waals surface area contributed by atoms with E-state index >= 15 is 0 Å². The number of benzene rings is 1. The molecular weight excluding hydrogens is 334 g/mol. The Balaban J connectivity index is 2.03. The van der Waals surface area contributed by atoms with Gasteiger partial charge >= 0.3 is 0 Å². The number of thiazole rings is 1. The Morgan fingerprint density at radius 2 is 1.84 bits per heavy atom. The van der Waals surface area contributed by atoms with Crippen molar-refractivity contribution in [1.29, 1.82) is 0 Å². The number of hydrogen-bond acceptors (Lipinski definition) is 5. The van der Waals surface area contributed by atoms with Crippen LogP contribution >= 0.6 is 11.3 Å². The predicted molar refractivity (Wildman–Crippen MR) is 98.6 cm³/mol. The van der Waals surface area contributed by atoms with E-state index in [1.165, 1.54) is 18.3 Å². The number of amides is 1. The van der Waals surface area contributed by atoms with Crippen molar-refractivity contribution in [2.45, 2.75) is 19.4 Å². The first-order chi connectivity index (χ1) is 12.0. The van der Waals surface area contributed by atoms with E-state index in [-0.39, 0.29) is 5.91 Å². The standard InChI is InChI=1S/C19H19N3O2S/c1-13(23)22-19(2,15-4-6-16(24-3)7-5-15)18-21-17(12-25-18)14-8-10-20-11-9-14/h4-12H,1-3H3,(H,22,23). The van der Waals surface area contributed by atoms with E-state index in [1.54, 1.807) is 19.5 Å². The lowest BCUT2D eigenvalue weighted by Crippen LogP contribution is -2.43. The average Bonchev–Trinajstić information content (AvgIpc) is 3.13. The summed E-state index contributed by atoms with van der Waals surface area (Å²) in [7, 11) is 1.63. The smallest absolute Gasteiger partial charge is 0.217 e. The van der Waals surface area contributed by atoms with E-state index in [1.807, 2.05) is 48.7 Å². The Kier molecular flexibility index (Phi) is 4.81. The van der Waals surface area contributed by atoms with Gasteiger partial charge in [0.2, 0.25) is 5.91 Å². The fourth-order valence-corrected chi connectivity index (χ4v) is 3.65. The van der Waals surface area contributed by atoms with Crippen LogP contribution in [-0.2, 0) is 10.3 Å². The van der Waals surface area contributed by atoms with Gasteiger partial charge in [0, 0.05) is 30.3 Å². The Bertz CT molecular complexity index is 862. The normalized spacial score (nSPS) is 13.1. The Labute approximate surface area is 150 Å². The summed E-state index contributed by atoms with van der Waals surface area (Å²) in [6.07, 6.45) is 3.48. The SMILES string of the molecule is COc1ccc(C(C)(NC(C)=O)c2nc(-c3ccncc3)cs2)cc1. The van der Waals surface area contributed by atoms with E-state index in [0.29, 0.717) is 0 Å². The van der Waals surface area contributed by atoms with Crippen molar-refractivity contribution in [2.75, 3.05) is 7.11 Å². The minimum atomic E-state index is -0.714. The molecule has 3 aromatic rings. The minimum absolute atomic E-state index is 0.112. The molecule has 5 nitrogen and oxygen atoms in total. The highest BCUT2D eigenvalue weighted by Crippen LogP contribution is 2.34. The first-order valence-electron chi connectivity index (χ1n) is 7.82. The largest absolute Gasteiger partial charge is 0.497 e. The molecule has 1 aromatic carbocycles. The molecule has 6 heteroatoms. The van der Waals surface area contributed by atoms with Gasteiger partial charge in [0.05, 0.1) is 12.8 Å². The summed E-state index contributed by atoms with van der Waals surface area (Å²) in [5.74, 6) is 0.657. The molecule has 1 unspecified atom stereocenters. The van der Waals surface area contributed by atoms with Gasteiger partial charge in [-0.2, -0.15) is 0 Å².